The number of hydrogen-bond acceptors (Lipinski definition) is 4. The molecular weight excluding hydrogens is 304 g/mol. The predicted octanol–water partition coefficient (Wildman–Crippen LogP) is 2.93. The fraction of sp³-hybridized carbons (Fsp3) is 0.211. The fourth-order valence-electron chi connectivity index (χ4n) is 2.20. The Morgan fingerprint density at radius 2 is 1.92 bits per heavy atom. The van der Waals surface area contributed by atoms with Crippen LogP contribution in [0.15, 0.2) is 54.7 Å². The summed E-state index contributed by atoms with van der Waals surface area (Å²) in [6, 6.07) is 12.8. The van der Waals surface area contributed by atoms with Crippen molar-refractivity contribution < 1.29 is 14.3 Å². The summed E-state index contributed by atoms with van der Waals surface area (Å²) in [5.41, 5.74) is 2.12. The molecule has 0 aliphatic carbocycles. The van der Waals surface area contributed by atoms with Gasteiger partial charge in [-0.2, -0.15) is 0 Å². The monoisotopic (exact) mass is 324 g/mol. The van der Waals surface area contributed by atoms with Crippen LogP contribution in [0.5, 0.6) is 0 Å². The molecule has 2 aromatic rings. The molecule has 5 heteroatoms. The summed E-state index contributed by atoms with van der Waals surface area (Å²) in [6.07, 6.45) is 4.59. The maximum atomic E-state index is 12.4. The first-order valence-corrected chi connectivity index (χ1v) is 7.71. The first-order valence-electron chi connectivity index (χ1n) is 7.71. The number of hydrogen-bond donors (Lipinski definition) is 0. The van der Waals surface area contributed by atoms with Crippen LogP contribution in [-0.2, 0) is 16.1 Å². The van der Waals surface area contributed by atoms with E-state index in [1.54, 1.807) is 49.3 Å². The third-order valence-corrected chi connectivity index (χ3v) is 3.36. The molecule has 0 aliphatic rings. The number of rotatable bonds is 6. The molecule has 1 aromatic heterocycles. The number of carbonyl (C=O) groups is 2. The van der Waals surface area contributed by atoms with Gasteiger partial charge in [0, 0.05) is 31.4 Å². The lowest BCUT2D eigenvalue weighted by Gasteiger charge is -2.18. The predicted molar refractivity (Wildman–Crippen MR) is 92.1 cm³/mol. The molecule has 1 amide bonds. The maximum absolute atomic E-state index is 12.4. The molecule has 2 rings (SSSR count). The Kier molecular flexibility index (Phi) is 6.25. The molecule has 0 aliphatic heterocycles. The zero-order valence-electron chi connectivity index (χ0n) is 13.8. The van der Waals surface area contributed by atoms with E-state index in [4.69, 9.17) is 4.74 Å². The average molecular weight is 324 g/mol. The highest BCUT2D eigenvalue weighted by atomic mass is 16.5. The van der Waals surface area contributed by atoms with Crippen LogP contribution in [-0.4, -0.2) is 35.4 Å². The van der Waals surface area contributed by atoms with Crippen molar-refractivity contribution in [3.8, 4) is 0 Å². The number of benzene rings is 1. The lowest BCUT2D eigenvalue weighted by molar-refractivity contribution is -0.137. The van der Waals surface area contributed by atoms with Crippen LogP contribution in [0.2, 0.25) is 0 Å². The van der Waals surface area contributed by atoms with Crippen LogP contribution >= 0.6 is 0 Å². The minimum Gasteiger partial charge on any atom is -0.463 e. The molecule has 24 heavy (non-hydrogen) atoms. The second kappa shape index (κ2) is 8.62. The third-order valence-electron chi connectivity index (χ3n) is 3.36. The Hall–Kier alpha value is -2.95. The molecule has 0 atom stereocenters. The molecular formula is C19H20N2O3. The Morgan fingerprint density at radius 3 is 2.62 bits per heavy atom. The van der Waals surface area contributed by atoms with E-state index in [9.17, 15) is 9.59 Å². The van der Waals surface area contributed by atoms with Gasteiger partial charge in [-0.1, -0.05) is 24.3 Å². The van der Waals surface area contributed by atoms with E-state index in [1.165, 1.54) is 6.08 Å². The van der Waals surface area contributed by atoms with Gasteiger partial charge in [-0.25, -0.2) is 4.79 Å². The summed E-state index contributed by atoms with van der Waals surface area (Å²) in [6.45, 7) is 2.47. The number of esters is 1. The maximum Gasteiger partial charge on any atom is 0.330 e. The van der Waals surface area contributed by atoms with Gasteiger partial charge in [0.05, 0.1) is 12.3 Å². The zero-order chi connectivity index (χ0) is 17.4. The van der Waals surface area contributed by atoms with Crippen LogP contribution in [0.1, 0.15) is 28.5 Å². The summed E-state index contributed by atoms with van der Waals surface area (Å²) >= 11 is 0. The van der Waals surface area contributed by atoms with Crippen LogP contribution in [0.25, 0.3) is 6.08 Å². The van der Waals surface area contributed by atoms with E-state index in [2.05, 4.69) is 4.98 Å². The van der Waals surface area contributed by atoms with E-state index in [1.807, 2.05) is 24.3 Å². The van der Waals surface area contributed by atoms with E-state index < -0.39 is 5.97 Å². The largest absolute Gasteiger partial charge is 0.463 e. The highest BCUT2D eigenvalue weighted by Crippen LogP contribution is 2.12. The van der Waals surface area contributed by atoms with Gasteiger partial charge in [-0.15, -0.1) is 0 Å². The zero-order valence-corrected chi connectivity index (χ0v) is 13.8. The second-order valence-electron chi connectivity index (χ2n) is 5.16. The van der Waals surface area contributed by atoms with Gasteiger partial charge in [0.25, 0.3) is 5.91 Å². The first kappa shape index (κ1) is 17.4. The number of amides is 1. The van der Waals surface area contributed by atoms with E-state index in [0.29, 0.717) is 24.4 Å². The molecule has 0 bridgehead atoms. The minimum absolute atomic E-state index is 0.0697. The number of pyridine rings is 1. The highest BCUT2D eigenvalue weighted by molar-refractivity contribution is 5.94. The van der Waals surface area contributed by atoms with Crippen LogP contribution in [0.3, 0.4) is 0 Å². The minimum atomic E-state index is -0.414. The first-order chi connectivity index (χ1) is 11.6. The molecule has 5 nitrogen and oxygen atoms in total. The number of ether oxygens (including phenoxy) is 1. The SMILES string of the molecule is CCOC(=O)C=Cc1ncccc1CN(C)C(=O)c1ccccc1. The van der Waals surface area contributed by atoms with Crippen molar-refractivity contribution in [2.24, 2.45) is 0 Å². The molecule has 0 spiro atoms. The van der Waals surface area contributed by atoms with Gasteiger partial charge in [0.15, 0.2) is 0 Å². The van der Waals surface area contributed by atoms with Crippen molar-refractivity contribution in [1.82, 2.24) is 9.88 Å². The Balaban J connectivity index is 2.12. The summed E-state index contributed by atoms with van der Waals surface area (Å²) < 4.78 is 4.86. The van der Waals surface area contributed by atoms with Crippen LogP contribution < -0.4 is 0 Å². The average Bonchev–Trinajstić information content (AvgIpc) is 2.61. The molecule has 0 unspecified atom stereocenters. The normalized spacial score (nSPS) is 10.6. The van der Waals surface area contributed by atoms with Crippen molar-refractivity contribution in [1.29, 1.82) is 0 Å². The Labute approximate surface area is 141 Å². The van der Waals surface area contributed by atoms with Crippen molar-refractivity contribution in [2.75, 3.05) is 13.7 Å². The molecule has 1 heterocycles. The van der Waals surface area contributed by atoms with E-state index in [0.717, 1.165) is 5.56 Å². The van der Waals surface area contributed by atoms with Gasteiger partial charge >= 0.3 is 5.97 Å². The molecule has 0 saturated heterocycles. The molecule has 0 radical (unpaired) electrons. The van der Waals surface area contributed by atoms with Gasteiger partial charge in [-0.05, 0) is 36.8 Å². The lowest BCUT2D eigenvalue weighted by atomic mass is 10.1. The summed E-state index contributed by atoms with van der Waals surface area (Å²) in [5.74, 6) is -0.484. The number of nitrogens with zero attached hydrogens (tertiary/aromatic N) is 2. The Morgan fingerprint density at radius 1 is 1.17 bits per heavy atom. The lowest BCUT2D eigenvalue weighted by Crippen LogP contribution is -2.26. The van der Waals surface area contributed by atoms with E-state index in [-0.39, 0.29) is 5.91 Å². The smallest absolute Gasteiger partial charge is 0.330 e. The highest BCUT2D eigenvalue weighted by Gasteiger charge is 2.13. The molecule has 0 N–H and O–H groups in total. The van der Waals surface area contributed by atoms with Crippen molar-refractivity contribution >= 4 is 18.0 Å². The number of aromatic nitrogens is 1. The fourth-order valence-corrected chi connectivity index (χ4v) is 2.20. The summed E-state index contributed by atoms with van der Waals surface area (Å²) in [5, 5.41) is 0. The van der Waals surface area contributed by atoms with Gasteiger partial charge < -0.3 is 9.64 Å². The quantitative estimate of drug-likeness (QED) is 0.605. The summed E-state index contributed by atoms with van der Waals surface area (Å²) in [7, 11) is 1.74. The van der Waals surface area contributed by atoms with Crippen LogP contribution in [0, 0.1) is 0 Å². The number of carbonyl (C=O) groups excluding carboxylic acids is 2. The van der Waals surface area contributed by atoms with Crippen LogP contribution in [0.4, 0.5) is 0 Å². The molecule has 124 valence electrons. The van der Waals surface area contributed by atoms with Gasteiger partial charge in [-0.3, -0.25) is 9.78 Å². The van der Waals surface area contributed by atoms with Gasteiger partial charge in [0.1, 0.15) is 0 Å². The molecule has 1 aromatic carbocycles. The van der Waals surface area contributed by atoms with Crippen molar-refractivity contribution in [3.63, 3.8) is 0 Å². The van der Waals surface area contributed by atoms with Gasteiger partial charge in [0.2, 0.25) is 0 Å². The topological polar surface area (TPSA) is 59.5 Å². The second-order valence-corrected chi connectivity index (χ2v) is 5.16. The summed E-state index contributed by atoms with van der Waals surface area (Å²) in [4.78, 5) is 29.7. The standard InChI is InChI=1S/C19H20N2O3/c1-3-24-18(22)12-11-17-16(10-7-13-20-17)14-21(2)19(23)15-8-5-4-6-9-15/h4-13H,3,14H2,1-2H3. The van der Waals surface area contributed by atoms with Crippen molar-refractivity contribution in [3.05, 3.63) is 71.6 Å². The Bertz CT molecular complexity index is 726. The molecule has 0 saturated carbocycles. The third kappa shape index (κ3) is 4.78. The van der Waals surface area contributed by atoms with Crippen molar-refractivity contribution in [2.45, 2.75) is 13.5 Å². The molecule has 0 fully saturated rings. The van der Waals surface area contributed by atoms with E-state index >= 15 is 0 Å².